The number of nitrogen functional groups attached to an aromatic ring is 1. The third-order valence-electron chi connectivity index (χ3n) is 1.44. The van der Waals surface area contributed by atoms with Gasteiger partial charge in [0.1, 0.15) is 0 Å². The van der Waals surface area contributed by atoms with E-state index in [9.17, 15) is 13.2 Å². The smallest absolute Gasteiger partial charge is 0.323 e. The first-order valence-corrected chi connectivity index (χ1v) is 3.66. The molecule has 0 unspecified atom stereocenters. The summed E-state index contributed by atoms with van der Waals surface area (Å²) in [5.41, 5.74) is 0.868. The van der Waals surface area contributed by atoms with Crippen LogP contribution < -0.4 is 11.3 Å². The van der Waals surface area contributed by atoms with E-state index in [2.05, 4.69) is 0 Å². The van der Waals surface area contributed by atoms with Crippen molar-refractivity contribution in [1.29, 1.82) is 0 Å². The highest BCUT2D eigenvalue weighted by molar-refractivity contribution is 6.30. The number of hydrogen-bond acceptors (Lipinski definition) is 2. The molecule has 0 saturated heterocycles. The van der Waals surface area contributed by atoms with Gasteiger partial charge in [-0.15, -0.1) is 0 Å². The molecule has 13 heavy (non-hydrogen) atoms. The van der Waals surface area contributed by atoms with Crippen LogP contribution in [0, 0.1) is 0 Å². The van der Waals surface area contributed by atoms with Gasteiger partial charge in [0.05, 0.1) is 11.3 Å². The fraction of sp³-hybridized carbons (Fsp3) is 0.143. The van der Waals surface area contributed by atoms with E-state index in [0.29, 0.717) is 0 Å². The highest BCUT2D eigenvalue weighted by Gasteiger charge is 2.33. The fourth-order valence-corrected chi connectivity index (χ4v) is 1.06. The predicted octanol–water partition coefficient (Wildman–Crippen LogP) is 2.64. The van der Waals surface area contributed by atoms with Crippen LogP contribution in [0.25, 0.3) is 0 Å². The monoisotopic (exact) mass is 210 g/mol. The number of halogens is 4. The Morgan fingerprint density at radius 3 is 2.38 bits per heavy atom. The highest BCUT2D eigenvalue weighted by atomic mass is 35.5. The third-order valence-corrected chi connectivity index (χ3v) is 1.68. The van der Waals surface area contributed by atoms with Crippen molar-refractivity contribution in [3.05, 3.63) is 28.8 Å². The van der Waals surface area contributed by atoms with Gasteiger partial charge in [-0.25, -0.2) is 0 Å². The minimum absolute atomic E-state index is 0.195. The standard InChI is InChI=1S/C7H6ClF3N2/c8-4-1-2-5(7(9,10)11)6(3-4)13-12/h1-3,13H,12H2. The van der Waals surface area contributed by atoms with Gasteiger partial charge in [-0.05, 0) is 18.2 Å². The van der Waals surface area contributed by atoms with Crippen LogP contribution in [0.3, 0.4) is 0 Å². The van der Waals surface area contributed by atoms with Crippen molar-refractivity contribution >= 4 is 17.3 Å². The van der Waals surface area contributed by atoms with Gasteiger partial charge in [0.25, 0.3) is 0 Å². The van der Waals surface area contributed by atoms with E-state index in [0.717, 1.165) is 18.2 Å². The number of nitrogens with one attached hydrogen (secondary N) is 1. The maximum absolute atomic E-state index is 12.2. The molecule has 0 aliphatic heterocycles. The Morgan fingerprint density at radius 1 is 1.31 bits per heavy atom. The molecule has 0 bridgehead atoms. The molecule has 3 N–H and O–H groups in total. The van der Waals surface area contributed by atoms with Crippen LogP contribution >= 0.6 is 11.6 Å². The zero-order chi connectivity index (χ0) is 10.1. The molecule has 0 aliphatic rings. The number of anilines is 1. The largest absolute Gasteiger partial charge is 0.418 e. The molecule has 0 atom stereocenters. The molecule has 0 fully saturated rings. The quantitative estimate of drug-likeness (QED) is 0.552. The number of hydrazine groups is 1. The summed E-state index contributed by atoms with van der Waals surface area (Å²) in [5, 5.41) is 0.195. The van der Waals surface area contributed by atoms with Crippen LogP contribution in [0.15, 0.2) is 18.2 Å². The summed E-state index contributed by atoms with van der Waals surface area (Å²) in [7, 11) is 0. The van der Waals surface area contributed by atoms with Gasteiger partial charge in [0.15, 0.2) is 0 Å². The minimum Gasteiger partial charge on any atom is -0.323 e. The summed E-state index contributed by atoms with van der Waals surface area (Å²) in [6.45, 7) is 0. The van der Waals surface area contributed by atoms with E-state index in [1.165, 1.54) is 0 Å². The second-order valence-electron chi connectivity index (χ2n) is 2.33. The van der Waals surface area contributed by atoms with Crippen molar-refractivity contribution in [1.82, 2.24) is 0 Å². The van der Waals surface area contributed by atoms with E-state index in [4.69, 9.17) is 17.4 Å². The van der Waals surface area contributed by atoms with Crippen LogP contribution in [0.5, 0.6) is 0 Å². The fourth-order valence-electron chi connectivity index (χ4n) is 0.883. The van der Waals surface area contributed by atoms with Crippen molar-refractivity contribution < 1.29 is 13.2 Å². The molecule has 0 aliphatic carbocycles. The molecule has 2 nitrogen and oxygen atoms in total. The van der Waals surface area contributed by atoms with E-state index in [-0.39, 0.29) is 10.7 Å². The van der Waals surface area contributed by atoms with Gasteiger partial charge in [-0.1, -0.05) is 11.6 Å². The van der Waals surface area contributed by atoms with Crippen LogP contribution in [0.2, 0.25) is 5.02 Å². The number of benzene rings is 1. The maximum Gasteiger partial charge on any atom is 0.418 e. The molecule has 0 amide bonds. The predicted molar refractivity (Wildman–Crippen MR) is 44.3 cm³/mol. The molecule has 0 radical (unpaired) electrons. The number of alkyl halides is 3. The topological polar surface area (TPSA) is 38.0 Å². The summed E-state index contributed by atoms with van der Waals surface area (Å²) in [4.78, 5) is 0. The zero-order valence-corrected chi connectivity index (χ0v) is 7.08. The molecular formula is C7H6ClF3N2. The normalized spacial score (nSPS) is 11.5. The number of nitrogens with two attached hydrogens (primary N) is 1. The lowest BCUT2D eigenvalue weighted by Crippen LogP contribution is -2.14. The van der Waals surface area contributed by atoms with Crippen molar-refractivity contribution in [2.75, 3.05) is 5.43 Å². The first-order chi connectivity index (χ1) is 5.95. The Morgan fingerprint density at radius 2 is 1.92 bits per heavy atom. The maximum atomic E-state index is 12.2. The van der Waals surface area contributed by atoms with E-state index in [1.807, 2.05) is 5.43 Å². The SMILES string of the molecule is NNc1cc(Cl)ccc1C(F)(F)F. The molecular weight excluding hydrogens is 205 g/mol. The van der Waals surface area contributed by atoms with Gasteiger partial charge in [-0.3, -0.25) is 5.84 Å². The zero-order valence-electron chi connectivity index (χ0n) is 6.32. The molecule has 0 saturated carbocycles. The summed E-state index contributed by atoms with van der Waals surface area (Å²) in [6, 6.07) is 3.15. The molecule has 0 heterocycles. The average molecular weight is 211 g/mol. The Bertz CT molecular complexity index is 311. The summed E-state index contributed by atoms with van der Waals surface area (Å²) >= 11 is 5.48. The first kappa shape index (κ1) is 10.1. The first-order valence-electron chi connectivity index (χ1n) is 3.28. The second kappa shape index (κ2) is 3.43. The third kappa shape index (κ3) is 2.26. The van der Waals surface area contributed by atoms with Crippen LogP contribution in [0.1, 0.15) is 5.56 Å². The van der Waals surface area contributed by atoms with Crippen molar-refractivity contribution in [2.24, 2.45) is 5.84 Å². The van der Waals surface area contributed by atoms with Gasteiger partial charge in [-0.2, -0.15) is 13.2 Å². The number of rotatable bonds is 1. The minimum atomic E-state index is -4.42. The van der Waals surface area contributed by atoms with Gasteiger partial charge in [0, 0.05) is 5.02 Å². The van der Waals surface area contributed by atoms with E-state index >= 15 is 0 Å². The highest BCUT2D eigenvalue weighted by Crippen LogP contribution is 2.35. The Kier molecular flexibility index (Phi) is 2.68. The van der Waals surface area contributed by atoms with Gasteiger partial charge >= 0.3 is 6.18 Å². The summed E-state index contributed by atoms with van der Waals surface area (Å²) in [6.07, 6.45) is -4.42. The lowest BCUT2D eigenvalue weighted by atomic mass is 10.2. The van der Waals surface area contributed by atoms with Gasteiger partial charge in [0.2, 0.25) is 0 Å². The van der Waals surface area contributed by atoms with Crippen molar-refractivity contribution in [3.63, 3.8) is 0 Å². The molecule has 72 valence electrons. The molecule has 1 aromatic carbocycles. The Labute approximate surface area is 77.5 Å². The molecule has 0 spiro atoms. The number of hydrogen-bond donors (Lipinski definition) is 2. The van der Waals surface area contributed by atoms with Crippen LogP contribution in [-0.2, 0) is 6.18 Å². The Hall–Kier alpha value is -0.940. The van der Waals surface area contributed by atoms with Crippen molar-refractivity contribution in [2.45, 2.75) is 6.18 Å². The molecule has 0 aromatic heterocycles. The molecule has 6 heteroatoms. The molecule has 1 rings (SSSR count). The summed E-state index contributed by atoms with van der Waals surface area (Å²) in [5.74, 6) is 4.91. The van der Waals surface area contributed by atoms with Crippen LogP contribution in [0.4, 0.5) is 18.9 Å². The van der Waals surface area contributed by atoms with Crippen molar-refractivity contribution in [3.8, 4) is 0 Å². The van der Waals surface area contributed by atoms with E-state index in [1.54, 1.807) is 0 Å². The second-order valence-corrected chi connectivity index (χ2v) is 2.77. The lowest BCUT2D eigenvalue weighted by Gasteiger charge is -2.11. The van der Waals surface area contributed by atoms with E-state index < -0.39 is 11.7 Å². The average Bonchev–Trinajstić information content (AvgIpc) is 2.01. The lowest BCUT2D eigenvalue weighted by molar-refractivity contribution is -0.136. The van der Waals surface area contributed by atoms with Gasteiger partial charge < -0.3 is 5.43 Å². The molecule has 1 aromatic rings. The van der Waals surface area contributed by atoms with Crippen LogP contribution in [-0.4, -0.2) is 0 Å². The Balaban J connectivity index is 3.22. The summed E-state index contributed by atoms with van der Waals surface area (Å²) < 4.78 is 36.7.